The van der Waals surface area contributed by atoms with Crippen molar-refractivity contribution in [1.82, 2.24) is 19.7 Å². The summed E-state index contributed by atoms with van der Waals surface area (Å²) >= 11 is 1.34. The number of amides is 1. The first kappa shape index (κ1) is 23.0. The lowest BCUT2D eigenvalue weighted by atomic mass is 10.1. The predicted octanol–water partition coefficient (Wildman–Crippen LogP) is 3.87. The van der Waals surface area contributed by atoms with Gasteiger partial charge in [0.2, 0.25) is 5.91 Å². The van der Waals surface area contributed by atoms with Gasteiger partial charge in [0.05, 0.1) is 13.2 Å². The summed E-state index contributed by atoms with van der Waals surface area (Å²) in [6, 6.07) is 15.8. The van der Waals surface area contributed by atoms with Gasteiger partial charge < -0.3 is 14.4 Å². The maximum atomic E-state index is 13.9. The largest absolute Gasteiger partial charge is 0.483 e. The molecule has 1 aliphatic heterocycles. The highest BCUT2D eigenvalue weighted by Gasteiger charge is 2.30. The summed E-state index contributed by atoms with van der Waals surface area (Å²) in [7, 11) is 0. The van der Waals surface area contributed by atoms with Crippen LogP contribution in [0.3, 0.4) is 0 Å². The molecule has 1 aliphatic rings. The molecule has 2 heterocycles. The molecule has 0 aliphatic carbocycles. The first-order valence-electron chi connectivity index (χ1n) is 10.7. The summed E-state index contributed by atoms with van der Waals surface area (Å²) in [6.45, 7) is 6.47. The quantitative estimate of drug-likeness (QED) is 0.351. The van der Waals surface area contributed by atoms with Gasteiger partial charge in [-0.25, -0.2) is 4.39 Å². The Morgan fingerprint density at radius 2 is 1.88 bits per heavy atom. The van der Waals surface area contributed by atoms with Gasteiger partial charge in [0.1, 0.15) is 11.9 Å². The van der Waals surface area contributed by atoms with Crippen molar-refractivity contribution in [3.8, 4) is 5.75 Å². The van der Waals surface area contributed by atoms with Gasteiger partial charge in [-0.2, -0.15) is 0 Å². The topological polar surface area (TPSA) is 69.5 Å². The van der Waals surface area contributed by atoms with Crippen LogP contribution in [0, 0.1) is 5.82 Å². The van der Waals surface area contributed by atoms with Gasteiger partial charge in [-0.1, -0.05) is 60.3 Å². The third-order valence-electron chi connectivity index (χ3n) is 5.17. The number of halogens is 1. The van der Waals surface area contributed by atoms with Crippen molar-refractivity contribution in [3.05, 3.63) is 84.5 Å². The van der Waals surface area contributed by atoms with Gasteiger partial charge in [0.15, 0.2) is 22.5 Å². The second-order valence-corrected chi connectivity index (χ2v) is 8.44. The Morgan fingerprint density at radius 3 is 2.61 bits per heavy atom. The van der Waals surface area contributed by atoms with Crippen molar-refractivity contribution in [2.75, 3.05) is 26.3 Å². The molecule has 3 aromatic rings. The molecule has 0 radical (unpaired) electrons. The number of nitrogens with zero attached hydrogens (tertiary/aromatic N) is 4. The van der Waals surface area contributed by atoms with E-state index in [9.17, 15) is 9.18 Å². The molecule has 9 heteroatoms. The van der Waals surface area contributed by atoms with Crippen molar-refractivity contribution in [2.24, 2.45) is 0 Å². The molecule has 0 saturated carbocycles. The van der Waals surface area contributed by atoms with E-state index in [1.54, 1.807) is 24.3 Å². The van der Waals surface area contributed by atoms with Gasteiger partial charge in [0.25, 0.3) is 0 Å². The molecule has 7 nitrogen and oxygen atoms in total. The van der Waals surface area contributed by atoms with Crippen molar-refractivity contribution in [1.29, 1.82) is 0 Å². The van der Waals surface area contributed by atoms with E-state index in [1.165, 1.54) is 17.8 Å². The lowest BCUT2D eigenvalue weighted by molar-refractivity contribution is -0.134. The zero-order chi connectivity index (χ0) is 23.0. The van der Waals surface area contributed by atoms with Crippen LogP contribution in [0.2, 0.25) is 0 Å². The van der Waals surface area contributed by atoms with Crippen LogP contribution < -0.4 is 4.74 Å². The van der Waals surface area contributed by atoms with E-state index in [4.69, 9.17) is 9.47 Å². The van der Waals surface area contributed by atoms with Crippen LogP contribution in [0.5, 0.6) is 5.75 Å². The van der Waals surface area contributed by atoms with E-state index < -0.39 is 11.1 Å². The van der Waals surface area contributed by atoms with Gasteiger partial charge >= 0.3 is 0 Å². The number of thioether (sulfide) groups is 1. The number of para-hydroxylation sites is 1. The fourth-order valence-corrected chi connectivity index (χ4v) is 4.62. The zero-order valence-electron chi connectivity index (χ0n) is 18.1. The van der Waals surface area contributed by atoms with Gasteiger partial charge in [0, 0.05) is 19.6 Å². The number of carbonyl (C=O) groups excluding carboxylic acids is 1. The molecule has 2 aromatic carbocycles. The Morgan fingerprint density at radius 1 is 1.15 bits per heavy atom. The summed E-state index contributed by atoms with van der Waals surface area (Å²) in [5.74, 6) is 0.227. The maximum Gasteiger partial charge on any atom is 0.240 e. The van der Waals surface area contributed by atoms with Crippen LogP contribution in [-0.2, 0) is 22.7 Å². The molecule has 1 fully saturated rings. The molecule has 33 heavy (non-hydrogen) atoms. The maximum absolute atomic E-state index is 13.9. The number of allylic oxidation sites excluding steroid dienone is 1. The number of morpholine rings is 1. The van der Waals surface area contributed by atoms with E-state index in [1.807, 2.05) is 39.8 Å². The molecule has 4 rings (SSSR count). The van der Waals surface area contributed by atoms with Crippen molar-refractivity contribution >= 4 is 17.7 Å². The van der Waals surface area contributed by atoms with Crippen LogP contribution in [-0.4, -0.2) is 51.9 Å². The summed E-state index contributed by atoms with van der Waals surface area (Å²) in [5, 5.41) is 8.65. The standard InChI is InChI=1S/C24H25FN4O3S/c1-2-12-29-21(17-32-20-11-7-6-10-19(20)25)26-27-24(29)33-22(18-8-4-3-5-9-18)23(30)28-13-15-31-16-14-28/h2-11,22H,1,12-17H2. The Labute approximate surface area is 196 Å². The van der Waals surface area contributed by atoms with Crippen LogP contribution in [0.15, 0.2) is 72.4 Å². The molecule has 1 saturated heterocycles. The third-order valence-corrected chi connectivity index (χ3v) is 6.39. The van der Waals surface area contributed by atoms with Gasteiger partial charge in [-0.05, 0) is 17.7 Å². The van der Waals surface area contributed by atoms with E-state index >= 15 is 0 Å². The van der Waals surface area contributed by atoms with Crippen molar-refractivity contribution < 1.29 is 18.7 Å². The normalized spacial score (nSPS) is 14.6. The third kappa shape index (κ3) is 5.61. The number of carbonyl (C=O) groups is 1. The van der Waals surface area contributed by atoms with Gasteiger partial charge in [-0.15, -0.1) is 16.8 Å². The molecule has 0 spiro atoms. The first-order chi connectivity index (χ1) is 16.2. The monoisotopic (exact) mass is 468 g/mol. The zero-order valence-corrected chi connectivity index (χ0v) is 18.9. The highest BCUT2D eigenvalue weighted by Crippen LogP contribution is 2.36. The van der Waals surface area contributed by atoms with E-state index in [0.717, 1.165) is 5.56 Å². The average molecular weight is 469 g/mol. The summed E-state index contributed by atoms with van der Waals surface area (Å²) in [5.41, 5.74) is 0.885. The molecule has 1 aromatic heterocycles. The van der Waals surface area contributed by atoms with Crippen LogP contribution in [0.1, 0.15) is 16.6 Å². The fourth-order valence-electron chi connectivity index (χ4n) is 3.47. The number of benzene rings is 2. The molecular weight excluding hydrogens is 443 g/mol. The summed E-state index contributed by atoms with van der Waals surface area (Å²) < 4.78 is 26.8. The number of hydrogen-bond acceptors (Lipinski definition) is 6. The fraction of sp³-hybridized carbons (Fsp3) is 0.292. The minimum Gasteiger partial charge on any atom is -0.483 e. The van der Waals surface area contributed by atoms with Crippen LogP contribution in [0.4, 0.5) is 4.39 Å². The van der Waals surface area contributed by atoms with Crippen molar-refractivity contribution in [3.63, 3.8) is 0 Å². The predicted molar refractivity (Wildman–Crippen MR) is 123 cm³/mol. The van der Waals surface area contributed by atoms with Gasteiger partial charge in [-0.3, -0.25) is 9.36 Å². The summed E-state index contributed by atoms with van der Waals surface area (Å²) in [6.07, 6.45) is 1.72. The Hall–Kier alpha value is -3.17. The minimum atomic E-state index is -0.489. The molecule has 0 bridgehead atoms. The van der Waals surface area contributed by atoms with E-state index in [2.05, 4.69) is 16.8 Å². The number of hydrogen-bond donors (Lipinski definition) is 0. The number of rotatable bonds is 9. The minimum absolute atomic E-state index is 0.00631. The lowest BCUT2D eigenvalue weighted by Gasteiger charge is -2.30. The first-order valence-corrected chi connectivity index (χ1v) is 11.5. The molecule has 1 amide bonds. The van der Waals surface area contributed by atoms with Crippen LogP contribution >= 0.6 is 11.8 Å². The molecule has 1 unspecified atom stereocenters. The van der Waals surface area contributed by atoms with E-state index in [0.29, 0.717) is 43.8 Å². The molecule has 172 valence electrons. The van der Waals surface area contributed by atoms with Crippen molar-refractivity contribution in [2.45, 2.75) is 23.6 Å². The SMILES string of the molecule is C=CCn1c(COc2ccccc2F)nnc1SC(C(=O)N1CCOCC1)c1ccccc1. The molecular formula is C24H25FN4O3S. The van der Waals surface area contributed by atoms with E-state index in [-0.39, 0.29) is 18.3 Å². The van der Waals surface area contributed by atoms with Crippen LogP contribution in [0.25, 0.3) is 0 Å². The number of ether oxygens (including phenoxy) is 2. The Kier molecular flexibility index (Phi) is 7.74. The second kappa shape index (κ2) is 11.1. The average Bonchev–Trinajstić information content (AvgIpc) is 3.24. The highest BCUT2D eigenvalue weighted by atomic mass is 32.2. The summed E-state index contributed by atoms with van der Waals surface area (Å²) in [4.78, 5) is 15.3. The Balaban J connectivity index is 1.58. The highest BCUT2D eigenvalue weighted by molar-refractivity contribution is 8.00. The Bertz CT molecular complexity index is 1090. The smallest absolute Gasteiger partial charge is 0.240 e. The number of aromatic nitrogens is 3. The second-order valence-electron chi connectivity index (χ2n) is 7.36. The molecule has 0 N–H and O–H groups in total. The molecule has 1 atom stereocenters. The lowest BCUT2D eigenvalue weighted by Crippen LogP contribution is -2.42.